The highest BCUT2D eigenvalue weighted by Gasteiger charge is 2.25. The summed E-state index contributed by atoms with van der Waals surface area (Å²) in [6.07, 6.45) is 1.27. The Balaban J connectivity index is 1.45. The molecule has 3 amide bonds. The molecule has 1 fully saturated rings. The summed E-state index contributed by atoms with van der Waals surface area (Å²) in [5.74, 6) is 0.000245. The normalized spacial score (nSPS) is 14.5. The van der Waals surface area contributed by atoms with E-state index in [1.54, 1.807) is 9.80 Å². The van der Waals surface area contributed by atoms with Crippen LogP contribution in [0.25, 0.3) is 10.9 Å². The Labute approximate surface area is 165 Å². The molecule has 2 N–H and O–H groups in total. The van der Waals surface area contributed by atoms with Gasteiger partial charge in [-0.1, -0.05) is 18.2 Å². The van der Waals surface area contributed by atoms with E-state index >= 15 is 0 Å². The van der Waals surface area contributed by atoms with Crippen LogP contribution in [0.15, 0.2) is 30.3 Å². The van der Waals surface area contributed by atoms with E-state index in [9.17, 15) is 14.4 Å². The Hall–Kier alpha value is -2.83. The molecule has 1 aliphatic rings. The van der Waals surface area contributed by atoms with Crippen LogP contribution >= 0.6 is 0 Å². The Kier molecular flexibility index (Phi) is 6.34. The number of piperazine rings is 1. The third kappa shape index (κ3) is 4.91. The Bertz CT molecular complexity index is 817. The smallest absolute Gasteiger partial charge is 0.270 e. The van der Waals surface area contributed by atoms with Crippen molar-refractivity contribution in [2.45, 2.75) is 39.2 Å². The molecule has 1 aromatic carbocycles. The fourth-order valence-corrected chi connectivity index (χ4v) is 3.47. The minimum atomic E-state index is -0.0337. The van der Waals surface area contributed by atoms with E-state index in [2.05, 4.69) is 10.3 Å². The molecule has 0 spiro atoms. The Morgan fingerprint density at radius 3 is 2.39 bits per heavy atom. The molecule has 2 aromatic rings. The molecule has 28 heavy (non-hydrogen) atoms. The Morgan fingerprint density at radius 1 is 1.04 bits per heavy atom. The number of nitrogens with zero attached hydrogens (tertiary/aromatic N) is 2. The number of nitrogens with one attached hydrogen (secondary N) is 2. The van der Waals surface area contributed by atoms with Crippen LogP contribution in [0.2, 0.25) is 0 Å². The Morgan fingerprint density at radius 2 is 1.71 bits per heavy atom. The summed E-state index contributed by atoms with van der Waals surface area (Å²) in [7, 11) is 0. The van der Waals surface area contributed by atoms with Gasteiger partial charge in [0.15, 0.2) is 0 Å². The van der Waals surface area contributed by atoms with Crippen LogP contribution in [0.3, 0.4) is 0 Å². The van der Waals surface area contributed by atoms with Crippen molar-refractivity contribution in [3.8, 4) is 0 Å². The second-order valence-corrected chi connectivity index (χ2v) is 7.52. The molecule has 150 valence electrons. The average Bonchev–Trinajstić information content (AvgIpc) is 3.11. The number of rotatable bonds is 6. The van der Waals surface area contributed by atoms with E-state index < -0.39 is 0 Å². The zero-order chi connectivity index (χ0) is 20.1. The zero-order valence-electron chi connectivity index (χ0n) is 16.5. The van der Waals surface area contributed by atoms with Crippen LogP contribution in [0, 0.1) is 0 Å². The quantitative estimate of drug-likeness (QED) is 0.800. The number of para-hydroxylation sites is 1. The van der Waals surface area contributed by atoms with Crippen LogP contribution in [0.1, 0.15) is 43.6 Å². The summed E-state index contributed by atoms with van der Waals surface area (Å²) in [5, 5.41) is 3.84. The standard InChI is InChI=1S/C21H28N4O3/c1-15(2)22-19(26)8-5-9-20(27)24-10-12-25(13-11-24)21(28)18-14-16-6-3-4-7-17(16)23-18/h3-4,6-7,14-15,23H,5,8-13H2,1-2H3,(H,22,26). The van der Waals surface area contributed by atoms with Crippen LogP contribution < -0.4 is 5.32 Å². The summed E-state index contributed by atoms with van der Waals surface area (Å²) < 4.78 is 0. The highest BCUT2D eigenvalue weighted by Crippen LogP contribution is 2.17. The number of aromatic amines is 1. The van der Waals surface area contributed by atoms with E-state index in [-0.39, 0.29) is 23.8 Å². The summed E-state index contributed by atoms with van der Waals surface area (Å²) >= 11 is 0. The first-order valence-electron chi connectivity index (χ1n) is 9.88. The van der Waals surface area contributed by atoms with Gasteiger partial charge >= 0.3 is 0 Å². The summed E-state index contributed by atoms with van der Waals surface area (Å²) in [6, 6.07) is 9.79. The van der Waals surface area contributed by atoms with Gasteiger partial charge in [0.2, 0.25) is 11.8 Å². The lowest BCUT2D eigenvalue weighted by atomic mass is 10.2. The van der Waals surface area contributed by atoms with Gasteiger partial charge in [-0.15, -0.1) is 0 Å². The van der Waals surface area contributed by atoms with Gasteiger partial charge in [0, 0.05) is 56.0 Å². The zero-order valence-corrected chi connectivity index (χ0v) is 16.5. The van der Waals surface area contributed by atoms with Crippen LogP contribution in [0.4, 0.5) is 0 Å². The van der Waals surface area contributed by atoms with Gasteiger partial charge in [0.05, 0.1) is 0 Å². The maximum atomic E-state index is 12.7. The minimum Gasteiger partial charge on any atom is -0.354 e. The van der Waals surface area contributed by atoms with E-state index in [0.717, 1.165) is 10.9 Å². The van der Waals surface area contributed by atoms with E-state index in [4.69, 9.17) is 0 Å². The number of aromatic nitrogens is 1. The molecule has 7 nitrogen and oxygen atoms in total. The highest BCUT2D eigenvalue weighted by molar-refractivity contribution is 5.98. The second-order valence-electron chi connectivity index (χ2n) is 7.52. The molecule has 1 saturated heterocycles. The molecule has 0 saturated carbocycles. The van der Waals surface area contributed by atoms with Gasteiger partial charge in [-0.3, -0.25) is 14.4 Å². The van der Waals surface area contributed by atoms with Crippen LogP contribution in [-0.2, 0) is 9.59 Å². The third-order valence-corrected chi connectivity index (χ3v) is 4.92. The lowest BCUT2D eigenvalue weighted by Gasteiger charge is -2.34. The first-order chi connectivity index (χ1) is 13.4. The van der Waals surface area contributed by atoms with Crippen molar-refractivity contribution < 1.29 is 14.4 Å². The molecule has 0 atom stereocenters. The van der Waals surface area contributed by atoms with Crippen molar-refractivity contribution in [3.05, 3.63) is 36.0 Å². The monoisotopic (exact) mass is 384 g/mol. The van der Waals surface area contributed by atoms with E-state index in [1.165, 1.54) is 0 Å². The number of amides is 3. The van der Waals surface area contributed by atoms with Gasteiger partial charge in [0.1, 0.15) is 5.69 Å². The van der Waals surface area contributed by atoms with Crippen molar-refractivity contribution in [1.29, 1.82) is 0 Å². The summed E-state index contributed by atoms with van der Waals surface area (Å²) in [5.41, 5.74) is 1.53. The molecule has 1 aromatic heterocycles. The molecular formula is C21H28N4O3. The van der Waals surface area contributed by atoms with Crippen LogP contribution in [-0.4, -0.2) is 64.7 Å². The SMILES string of the molecule is CC(C)NC(=O)CCCC(=O)N1CCN(C(=O)c2cc3ccccc3[nH]2)CC1. The number of hydrogen-bond donors (Lipinski definition) is 2. The molecule has 7 heteroatoms. The largest absolute Gasteiger partial charge is 0.354 e. The molecule has 0 unspecified atom stereocenters. The van der Waals surface area contributed by atoms with Gasteiger partial charge in [-0.2, -0.15) is 0 Å². The lowest BCUT2D eigenvalue weighted by molar-refractivity contribution is -0.132. The number of hydrogen-bond acceptors (Lipinski definition) is 3. The topological polar surface area (TPSA) is 85.5 Å². The van der Waals surface area contributed by atoms with Crippen LogP contribution in [0.5, 0.6) is 0 Å². The molecule has 2 heterocycles. The van der Waals surface area contributed by atoms with Gasteiger partial charge in [0.25, 0.3) is 5.91 Å². The van der Waals surface area contributed by atoms with Gasteiger partial charge < -0.3 is 20.1 Å². The highest BCUT2D eigenvalue weighted by atomic mass is 16.2. The van der Waals surface area contributed by atoms with Crippen molar-refractivity contribution in [2.24, 2.45) is 0 Å². The fraction of sp³-hybridized carbons (Fsp3) is 0.476. The lowest BCUT2D eigenvalue weighted by Crippen LogP contribution is -2.50. The number of fused-ring (bicyclic) bond motifs is 1. The first-order valence-corrected chi connectivity index (χ1v) is 9.88. The molecule has 0 radical (unpaired) electrons. The minimum absolute atomic E-state index is 0.0171. The molecule has 0 aliphatic carbocycles. The number of H-pyrrole nitrogens is 1. The third-order valence-electron chi connectivity index (χ3n) is 4.92. The predicted octanol–water partition coefficient (Wildman–Crippen LogP) is 2.15. The maximum Gasteiger partial charge on any atom is 0.270 e. The van der Waals surface area contributed by atoms with E-state index in [0.29, 0.717) is 51.1 Å². The summed E-state index contributed by atoms with van der Waals surface area (Å²) in [4.78, 5) is 43.5. The first kappa shape index (κ1) is 19.9. The number of benzene rings is 1. The number of carbonyl (C=O) groups is 3. The van der Waals surface area contributed by atoms with Gasteiger partial charge in [-0.25, -0.2) is 0 Å². The molecule has 1 aliphatic heterocycles. The second kappa shape index (κ2) is 8.91. The van der Waals surface area contributed by atoms with E-state index in [1.807, 2.05) is 44.2 Å². The number of carbonyl (C=O) groups excluding carboxylic acids is 3. The molecule has 3 rings (SSSR count). The molecular weight excluding hydrogens is 356 g/mol. The molecule has 0 bridgehead atoms. The van der Waals surface area contributed by atoms with Crippen molar-refractivity contribution in [2.75, 3.05) is 26.2 Å². The van der Waals surface area contributed by atoms with Gasteiger partial charge in [-0.05, 0) is 32.4 Å². The summed E-state index contributed by atoms with van der Waals surface area (Å²) in [6.45, 7) is 5.94. The van der Waals surface area contributed by atoms with Crippen molar-refractivity contribution >= 4 is 28.6 Å². The van der Waals surface area contributed by atoms with Crippen molar-refractivity contribution in [1.82, 2.24) is 20.1 Å². The predicted molar refractivity (Wildman–Crippen MR) is 108 cm³/mol. The average molecular weight is 384 g/mol. The van der Waals surface area contributed by atoms with Crippen molar-refractivity contribution in [3.63, 3.8) is 0 Å². The maximum absolute atomic E-state index is 12.7. The fourth-order valence-electron chi connectivity index (χ4n) is 3.47.